The fourth-order valence-corrected chi connectivity index (χ4v) is 1.14. The first kappa shape index (κ1) is 9.81. The summed E-state index contributed by atoms with van der Waals surface area (Å²) in [4.78, 5) is 7.39. The number of halogens is 2. The van der Waals surface area contributed by atoms with E-state index < -0.39 is 5.82 Å². The Morgan fingerprint density at radius 2 is 2.27 bits per heavy atom. The Balaban J connectivity index is 2.51. The Morgan fingerprint density at radius 3 is 2.87 bits per heavy atom. The lowest BCUT2D eigenvalue weighted by molar-refractivity contribution is 0.593. The molecule has 2 aromatic heterocycles. The summed E-state index contributed by atoms with van der Waals surface area (Å²) in [5.74, 6) is 4.55. The highest BCUT2D eigenvalue weighted by Gasteiger charge is 2.09. The maximum Gasteiger partial charge on any atom is 0.239 e. The van der Waals surface area contributed by atoms with Crippen molar-refractivity contribution in [1.82, 2.24) is 19.7 Å². The van der Waals surface area contributed by atoms with Gasteiger partial charge in [0, 0.05) is 0 Å². The smallest absolute Gasteiger partial charge is 0.239 e. The zero-order valence-corrected chi connectivity index (χ0v) is 8.11. The van der Waals surface area contributed by atoms with E-state index in [2.05, 4.69) is 20.5 Å². The van der Waals surface area contributed by atoms with Crippen LogP contribution in [0.2, 0.25) is 5.02 Å². The second-order valence-corrected chi connectivity index (χ2v) is 3.05. The second-order valence-electron chi connectivity index (χ2n) is 2.61. The fourth-order valence-electron chi connectivity index (χ4n) is 1.01. The number of hydrogen-bond donors (Lipinski definition) is 2. The number of nitrogens with one attached hydrogen (secondary N) is 1. The molecule has 0 aliphatic rings. The molecular formula is C7H6ClFN6. The van der Waals surface area contributed by atoms with Gasteiger partial charge in [0.15, 0.2) is 11.6 Å². The highest BCUT2D eigenvalue weighted by atomic mass is 35.5. The Hall–Kier alpha value is -1.73. The lowest BCUT2D eigenvalue weighted by Gasteiger charge is -2.03. The molecule has 78 valence electrons. The van der Waals surface area contributed by atoms with Gasteiger partial charge >= 0.3 is 0 Å². The van der Waals surface area contributed by atoms with Gasteiger partial charge in [0.1, 0.15) is 0 Å². The van der Waals surface area contributed by atoms with Crippen LogP contribution in [-0.2, 0) is 0 Å². The summed E-state index contributed by atoms with van der Waals surface area (Å²) in [6.07, 6.45) is 3.79. The van der Waals surface area contributed by atoms with E-state index in [0.29, 0.717) is 5.02 Å². The molecule has 0 saturated carbocycles. The molecule has 3 N–H and O–H groups in total. The number of hydrazine groups is 1. The molecule has 0 aliphatic heterocycles. The van der Waals surface area contributed by atoms with Crippen LogP contribution in [0.15, 0.2) is 18.6 Å². The van der Waals surface area contributed by atoms with E-state index in [1.54, 1.807) is 0 Å². The molecule has 2 heterocycles. The molecule has 0 aromatic carbocycles. The highest BCUT2D eigenvalue weighted by Crippen LogP contribution is 2.13. The van der Waals surface area contributed by atoms with E-state index in [4.69, 9.17) is 17.4 Å². The summed E-state index contributed by atoms with van der Waals surface area (Å²) in [5.41, 5.74) is 2.21. The van der Waals surface area contributed by atoms with Crippen molar-refractivity contribution in [1.29, 1.82) is 0 Å². The van der Waals surface area contributed by atoms with Crippen molar-refractivity contribution in [3.05, 3.63) is 29.4 Å². The molecule has 0 unspecified atom stereocenters. The maximum absolute atomic E-state index is 13.3. The van der Waals surface area contributed by atoms with Gasteiger partial charge in [0.2, 0.25) is 5.95 Å². The van der Waals surface area contributed by atoms with Crippen LogP contribution in [-0.4, -0.2) is 19.7 Å². The topological polar surface area (TPSA) is 81.6 Å². The first-order valence-corrected chi connectivity index (χ1v) is 4.28. The quantitative estimate of drug-likeness (QED) is 0.585. The van der Waals surface area contributed by atoms with E-state index in [9.17, 15) is 4.39 Å². The molecule has 0 amide bonds. The van der Waals surface area contributed by atoms with Gasteiger partial charge in [-0.05, 0) is 0 Å². The van der Waals surface area contributed by atoms with E-state index >= 15 is 0 Å². The van der Waals surface area contributed by atoms with Crippen LogP contribution in [0.25, 0.3) is 5.82 Å². The third-order valence-corrected chi connectivity index (χ3v) is 1.82. The minimum Gasteiger partial charge on any atom is -0.292 e. The van der Waals surface area contributed by atoms with Crippen LogP contribution in [0.4, 0.5) is 10.3 Å². The van der Waals surface area contributed by atoms with Gasteiger partial charge in [-0.1, -0.05) is 11.6 Å². The predicted octanol–water partition coefficient (Wildman–Crippen LogP) is 0.740. The summed E-state index contributed by atoms with van der Waals surface area (Å²) in [6.45, 7) is 0. The number of hydrogen-bond acceptors (Lipinski definition) is 5. The predicted molar refractivity (Wildman–Crippen MR) is 51.9 cm³/mol. The lowest BCUT2D eigenvalue weighted by atomic mass is 10.5. The van der Waals surface area contributed by atoms with Crippen molar-refractivity contribution in [2.75, 3.05) is 5.43 Å². The van der Waals surface area contributed by atoms with Gasteiger partial charge in [0.05, 0.1) is 23.6 Å². The molecule has 2 rings (SSSR count). The average Bonchev–Trinajstić information content (AvgIpc) is 2.65. The molecule has 0 radical (unpaired) electrons. The maximum atomic E-state index is 13.3. The molecule has 6 nitrogen and oxygen atoms in total. The molecule has 0 bridgehead atoms. The molecule has 8 heteroatoms. The van der Waals surface area contributed by atoms with Gasteiger partial charge in [-0.25, -0.2) is 19.9 Å². The van der Waals surface area contributed by atoms with E-state index in [1.807, 2.05) is 0 Å². The first-order valence-electron chi connectivity index (χ1n) is 3.90. The van der Waals surface area contributed by atoms with Crippen LogP contribution < -0.4 is 11.3 Å². The molecule has 0 atom stereocenters. The minimum absolute atomic E-state index is 0.0233. The van der Waals surface area contributed by atoms with Gasteiger partial charge in [-0.2, -0.15) is 10.1 Å². The van der Waals surface area contributed by atoms with Crippen LogP contribution in [0.1, 0.15) is 0 Å². The Bertz CT molecular complexity index is 484. The van der Waals surface area contributed by atoms with Crippen molar-refractivity contribution >= 4 is 17.5 Å². The Kier molecular flexibility index (Phi) is 2.48. The van der Waals surface area contributed by atoms with E-state index in [1.165, 1.54) is 17.1 Å². The zero-order valence-electron chi connectivity index (χ0n) is 7.35. The number of nitrogens with two attached hydrogens (primary N) is 1. The number of anilines is 1. The Morgan fingerprint density at radius 1 is 1.47 bits per heavy atom. The fraction of sp³-hybridized carbons (Fsp3) is 0. The highest BCUT2D eigenvalue weighted by molar-refractivity contribution is 6.30. The molecule has 15 heavy (non-hydrogen) atoms. The summed E-state index contributed by atoms with van der Waals surface area (Å²) in [5, 5.41) is 4.19. The van der Waals surface area contributed by atoms with Gasteiger partial charge in [0.25, 0.3) is 0 Å². The molecule has 0 aliphatic carbocycles. The summed E-state index contributed by atoms with van der Waals surface area (Å²) < 4.78 is 14.5. The zero-order chi connectivity index (χ0) is 10.8. The third kappa shape index (κ3) is 1.88. The van der Waals surface area contributed by atoms with Crippen LogP contribution in [0, 0.1) is 5.82 Å². The van der Waals surface area contributed by atoms with Gasteiger partial charge in [-0.15, -0.1) is 0 Å². The normalized spacial score (nSPS) is 10.3. The van der Waals surface area contributed by atoms with E-state index in [0.717, 1.165) is 6.20 Å². The number of nitrogens with zero attached hydrogens (tertiary/aromatic N) is 4. The van der Waals surface area contributed by atoms with Crippen molar-refractivity contribution in [2.45, 2.75) is 0 Å². The van der Waals surface area contributed by atoms with Crippen molar-refractivity contribution in [3.63, 3.8) is 0 Å². The molecule has 0 spiro atoms. The largest absolute Gasteiger partial charge is 0.292 e. The SMILES string of the molecule is NNc1ncc(F)c(-n2cc(Cl)cn2)n1. The van der Waals surface area contributed by atoms with Gasteiger partial charge < -0.3 is 0 Å². The first-order chi connectivity index (χ1) is 7.20. The second kappa shape index (κ2) is 3.79. The van der Waals surface area contributed by atoms with Crippen molar-refractivity contribution in [3.8, 4) is 5.82 Å². The molecule has 2 aromatic rings. The van der Waals surface area contributed by atoms with Crippen molar-refractivity contribution in [2.24, 2.45) is 5.84 Å². The number of aromatic nitrogens is 4. The molecule has 0 fully saturated rings. The summed E-state index contributed by atoms with van der Waals surface area (Å²) in [6, 6.07) is 0. The molecular weight excluding hydrogens is 223 g/mol. The van der Waals surface area contributed by atoms with E-state index in [-0.39, 0.29) is 11.8 Å². The number of rotatable bonds is 2. The lowest BCUT2D eigenvalue weighted by Crippen LogP contribution is -2.13. The van der Waals surface area contributed by atoms with Crippen LogP contribution in [0.5, 0.6) is 0 Å². The minimum atomic E-state index is -0.617. The molecule has 0 saturated heterocycles. The summed E-state index contributed by atoms with van der Waals surface area (Å²) in [7, 11) is 0. The van der Waals surface area contributed by atoms with Crippen LogP contribution in [0.3, 0.4) is 0 Å². The monoisotopic (exact) mass is 228 g/mol. The third-order valence-electron chi connectivity index (χ3n) is 1.62. The standard InChI is InChI=1S/C7H6ClFN6/c8-4-1-12-15(3-4)6-5(9)2-11-7(13-6)14-10/h1-3H,10H2,(H,11,13,14). The number of nitrogen functional groups attached to an aromatic ring is 1. The van der Waals surface area contributed by atoms with Crippen molar-refractivity contribution < 1.29 is 4.39 Å². The summed E-state index contributed by atoms with van der Waals surface area (Å²) >= 11 is 5.65. The van der Waals surface area contributed by atoms with Gasteiger partial charge in [-0.3, -0.25) is 5.43 Å². The average molecular weight is 229 g/mol. The van der Waals surface area contributed by atoms with Crippen LogP contribution >= 0.6 is 11.6 Å². The Labute approximate surface area is 88.9 Å².